The van der Waals surface area contributed by atoms with Gasteiger partial charge < -0.3 is 9.47 Å². The summed E-state index contributed by atoms with van der Waals surface area (Å²) >= 11 is 0. The number of hydrogen-bond acceptors (Lipinski definition) is 4. The van der Waals surface area contributed by atoms with Crippen LogP contribution in [0.4, 0.5) is 0 Å². The van der Waals surface area contributed by atoms with Gasteiger partial charge in [0.2, 0.25) is 0 Å². The first-order chi connectivity index (χ1) is 9.74. The molecule has 110 valence electrons. The standard InChI is InChI=1S/C16H23NO3/c1-13-5-4-8-17(11-13)9-10-20-16-14(12-18)6-3-7-15(16)19-2/h3,6-7,12-13H,4-5,8-11H2,1-2H3. The molecular weight excluding hydrogens is 254 g/mol. The monoisotopic (exact) mass is 277 g/mol. The topological polar surface area (TPSA) is 38.8 Å². The van der Waals surface area contributed by atoms with Crippen LogP contribution in [0.25, 0.3) is 0 Å². The fourth-order valence-corrected chi connectivity index (χ4v) is 2.71. The van der Waals surface area contributed by atoms with E-state index in [9.17, 15) is 4.79 Å². The molecule has 1 saturated heterocycles. The van der Waals surface area contributed by atoms with Crippen molar-refractivity contribution in [2.75, 3.05) is 33.4 Å². The van der Waals surface area contributed by atoms with Crippen LogP contribution in [0, 0.1) is 5.92 Å². The highest BCUT2D eigenvalue weighted by Gasteiger charge is 2.16. The van der Waals surface area contributed by atoms with Crippen molar-refractivity contribution in [2.45, 2.75) is 19.8 Å². The fourth-order valence-electron chi connectivity index (χ4n) is 2.71. The van der Waals surface area contributed by atoms with Gasteiger partial charge in [0.25, 0.3) is 0 Å². The van der Waals surface area contributed by atoms with E-state index in [0.717, 1.165) is 31.8 Å². The van der Waals surface area contributed by atoms with Crippen molar-refractivity contribution in [1.29, 1.82) is 0 Å². The van der Waals surface area contributed by atoms with Gasteiger partial charge in [-0.15, -0.1) is 0 Å². The molecule has 0 N–H and O–H groups in total. The molecule has 0 aliphatic carbocycles. The zero-order chi connectivity index (χ0) is 14.4. The van der Waals surface area contributed by atoms with E-state index in [4.69, 9.17) is 9.47 Å². The van der Waals surface area contributed by atoms with Gasteiger partial charge in [0, 0.05) is 13.1 Å². The molecule has 0 bridgehead atoms. The molecule has 1 aliphatic heterocycles. The van der Waals surface area contributed by atoms with Crippen LogP contribution in [-0.2, 0) is 0 Å². The molecule has 4 heteroatoms. The second kappa shape index (κ2) is 7.29. The van der Waals surface area contributed by atoms with E-state index in [1.54, 1.807) is 19.2 Å². The third kappa shape index (κ3) is 3.73. The summed E-state index contributed by atoms with van der Waals surface area (Å²) in [5, 5.41) is 0. The molecule has 1 aromatic rings. The second-order valence-corrected chi connectivity index (χ2v) is 5.39. The van der Waals surface area contributed by atoms with Crippen molar-refractivity contribution in [3.05, 3.63) is 23.8 Å². The number of nitrogens with zero attached hydrogens (tertiary/aromatic N) is 1. The lowest BCUT2D eigenvalue weighted by Gasteiger charge is -2.30. The van der Waals surface area contributed by atoms with Crippen molar-refractivity contribution in [3.63, 3.8) is 0 Å². The summed E-state index contributed by atoms with van der Waals surface area (Å²) in [4.78, 5) is 13.5. The Morgan fingerprint density at radius 2 is 2.30 bits per heavy atom. The fraction of sp³-hybridized carbons (Fsp3) is 0.562. The molecule has 1 atom stereocenters. The minimum Gasteiger partial charge on any atom is -0.493 e. The number of aldehydes is 1. The molecule has 2 rings (SSSR count). The van der Waals surface area contributed by atoms with Crippen molar-refractivity contribution in [1.82, 2.24) is 4.90 Å². The van der Waals surface area contributed by atoms with Crippen LogP contribution in [0.1, 0.15) is 30.1 Å². The molecule has 1 aliphatic rings. The predicted molar refractivity (Wildman–Crippen MR) is 78.7 cm³/mol. The molecule has 1 aromatic carbocycles. The van der Waals surface area contributed by atoms with E-state index in [0.29, 0.717) is 23.7 Å². The van der Waals surface area contributed by atoms with Crippen molar-refractivity contribution in [3.8, 4) is 11.5 Å². The van der Waals surface area contributed by atoms with Crippen LogP contribution in [0.15, 0.2) is 18.2 Å². The Hall–Kier alpha value is -1.55. The van der Waals surface area contributed by atoms with Crippen LogP contribution in [0.3, 0.4) is 0 Å². The minimum absolute atomic E-state index is 0.538. The van der Waals surface area contributed by atoms with E-state index >= 15 is 0 Å². The normalized spacial score (nSPS) is 19.6. The number of para-hydroxylation sites is 1. The maximum atomic E-state index is 11.1. The summed E-state index contributed by atoms with van der Waals surface area (Å²) in [6, 6.07) is 5.35. The lowest BCUT2D eigenvalue weighted by atomic mass is 10.0. The average Bonchev–Trinajstić information content (AvgIpc) is 2.47. The lowest BCUT2D eigenvalue weighted by molar-refractivity contribution is 0.111. The number of rotatable bonds is 6. The first-order valence-corrected chi connectivity index (χ1v) is 7.22. The molecule has 0 amide bonds. The highest BCUT2D eigenvalue weighted by atomic mass is 16.5. The Bertz CT molecular complexity index is 447. The first-order valence-electron chi connectivity index (χ1n) is 7.22. The predicted octanol–water partition coefficient (Wildman–Crippen LogP) is 2.62. The van der Waals surface area contributed by atoms with Gasteiger partial charge in [-0.25, -0.2) is 0 Å². The van der Waals surface area contributed by atoms with E-state index in [1.807, 2.05) is 6.07 Å². The van der Waals surface area contributed by atoms with Crippen molar-refractivity contribution < 1.29 is 14.3 Å². The largest absolute Gasteiger partial charge is 0.493 e. The minimum atomic E-state index is 0.538. The average molecular weight is 277 g/mol. The van der Waals surface area contributed by atoms with Crippen LogP contribution < -0.4 is 9.47 Å². The van der Waals surface area contributed by atoms with Crippen LogP contribution in [0.2, 0.25) is 0 Å². The second-order valence-electron chi connectivity index (χ2n) is 5.39. The molecule has 0 aromatic heterocycles. The molecule has 0 saturated carbocycles. The Kier molecular flexibility index (Phi) is 5.41. The van der Waals surface area contributed by atoms with E-state index in [1.165, 1.54) is 12.8 Å². The molecule has 0 spiro atoms. The third-order valence-corrected chi connectivity index (χ3v) is 3.75. The van der Waals surface area contributed by atoms with Gasteiger partial charge >= 0.3 is 0 Å². The van der Waals surface area contributed by atoms with Gasteiger partial charge in [-0.2, -0.15) is 0 Å². The van der Waals surface area contributed by atoms with Crippen LogP contribution in [-0.4, -0.2) is 44.5 Å². The van der Waals surface area contributed by atoms with E-state index in [2.05, 4.69) is 11.8 Å². The molecule has 4 nitrogen and oxygen atoms in total. The number of carbonyl (C=O) groups excluding carboxylic acids is 1. The number of methoxy groups -OCH3 is 1. The lowest BCUT2D eigenvalue weighted by Crippen LogP contribution is -2.37. The summed E-state index contributed by atoms with van der Waals surface area (Å²) in [5.74, 6) is 1.93. The Morgan fingerprint density at radius 1 is 1.45 bits per heavy atom. The van der Waals surface area contributed by atoms with Crippen LogP contribution in [0.5, 0.6) is 11.5 Å². The van der Waals surface area contributed by atoms with Gasteiger partial charge in [0.05, 0.1) is 12.7 Å². The van der Waals surface area contributed by atoms with Crippen LogP contribution >= 0.6 is 0 Å². The maximum absolute atomic E-state index is 11.1. The van der Waals surface area contributed by atoms with Gasteiger partial charge in [0.15, 0.2) is 17.8 Å². The van der Waals surface area contributed by atoms with E-state index < -0.39 is 0 Å². The number of piperidine rings is 1. The van der Waals surface area contributed by atoms with Gasteiger partial charge in [0.1, 0.15) is 6.61 Å². The number of ether oxygens (including phenoxy) is 2. The zero-order valence-corrected chi connectivity index (χ0v) is 12.3. The van der Waals surface area contributed by atoms with Crippen molar-refractivity contribution in [2.24, 2.45) is 5.92 Å². The highest BCUT2D eigenvalue weighted by Crippen LogP contribution is 2.30. The molecule has 0 radical (unpaired) electrons. The molecular formula is C16H23NO3. The molecule has 1 heterocycles. The summed E-state index contributed by atoms with van der Waals surface area (Å²) in [5.41, 5.74) is 0.538. The smallest absolute Gasteiger partial charge is 0.171 e. The molecule has 1 fully saturated rings. The van der Waals surface area contributed by atoms with E-state index in [-0.39, 0.29) is 0 Å². The summed E-state index contributed by atoms with van der Waals surface area (Å²) in [7, 11) is 1.59. The summed E-state index contributed by atoms with van der Waals surface area (Å²) in [6.45, 7) is 6.03. The number of benzene rings is 1. The quantitative estimate of drug-likeness (QED) is 0.749. The molecule has 20 heavy (non-hydrogen) atoms. The zero-order valence-electron chi connectivity index (χ0n) is 12.3. The first kappa shape index (κ1) is 14.9. The Labute approximate surface area is 120 Å². The number of hydrogen-bond donors (Lipinski definition) is 0. The molecule has 1 unspecified atom stereocenters. The van der Waals surface area contributed by atoms with Gasteiger partial charge in [-0.1, -0.05) is 13.0 Å². The van der Waals surface area contributed by atoms with Crippen molar-refractivity contribution >= 4 is 6.29 Å². The van der Waals surface area contributed by atoms with Gasteiger partial charge in [-0.3, -0.25) is 9.69 Å². The maximum Gasteiger partial charge on any atom is 0.171 e. The summed E-state index contributed by atoms with van der Waals surface area (Å²) in [6.07, 6.45) is 3.38. The number of likely N-dealkylation sites (tertiary alicyclic amines) is 1. The third-order valence-electron chi connectivity index (χ3n) is 3.75. The number of carbonyl (C=O) groups is 1. The van der Waals surface area contributed by atoms with Gasteiger partial charge in [-0.05, 0) is 37.4 Å². The summed E-state index contributed by atoms with van der Waals surface area (Å²) < 4.78 is 11.0. The Balaban J connectivity index is 1.91. The Morgan fingerprint density at radius 3 is 3.00 bits per heavy atom. The SMILES string of the molecule is COc1cccc(C=O)c1OCCN1CCCC(C)C1. The highest BCUT2D eigenvalue weighted by molar-refractivity contribution is 5.81.